The maximum atomic E-state index is 12.5. The fourth-order valence-corrected chi connectivity index (χ4v) is 4.59. The van der Waals surface area contributed by atoms with Crippen LogP contribution in [-0.4, -0.2) is 21.4 Å². The highest BCUT2D eigenvalue weighted by atomic mass is 35.5. The second kappa shape index (κ2) is 8.34. The van der Waals surface area contributed by atoms with Gasteiger partial charge in [0.25, 0.3) is 5.56 Å². The Bertz CT molecular complexity index is 1540. The number of rotatable bonds is 4. The van der Waals surface area contributed by atoms with E-state index in [1.165, 1.54) is 4.90 Å². The number of hydrogen-bond acceptors (Lipinski definition) is 4. The minimum atomic E-state index is -0.244. The predicted molar refractivity (Wildman–Crippen MR) is 132 cm³/mol. The summed E-state index contributed by atoms with van der Waals surface area (Å²) in [4.78, 5) is 41.4. The van der Waals surface area contributed by atoms with Gasteiger partial charge in [-0.3, -0.25) is 19.3 Å². The third-order valence-corrected chi connectivity index (χ3v) is 6.64. The molecular weight excluding hydrogens is 477 g/mol. The van der Waals surface area contributed by atoms with Gasteiger partial charge in [0.1, 0.15) is 17.0 Å². The third kappa shape index (κ3) is 3.67. The summed E-state index contributed by atoms with van der Waals surface area (Å²) in [5, 5.41) is 1.46. The first-order valence-electron chi connectivity index (χ1n) is 10.5. The van der Waals surface area contributed by atoms with Crippen LogP contribution < -0.4 is 15.2 Å². The van der Waals surface area contributed by atoms with Crippen LogP contribution in [0.5, 0.6) is 11.5 Å². The monoisotopic (exact) mass is 495 g/mol. The summed E-state index contributed by atoms with van der Waals surface area (Å²) in [6.07, 6.45) is 3.76. The molecule has 34 heavy (non-hydrogen) atoms. The molecule has 1 fully saturated rings. The normalized spacial score (nSPS) is 13.8. The molecule has 1 aliphatic heterocycles. The van der Waals surface area contributed by atoms with E-state index in [2.05, 4.69) is 4.98 Å². The number of imide groups is 1. The van der Waals surface area contributed by atoms with Crippen molar-refractivity contribution in [1.82, 2.24) is 9.55 Å². The number of carbonyl (C=O) groups is 2. The molecule has 7 nitrogen and oxygen atoms in total. The molecular formula is C25H19Cl2N3O4. The number of halogens is 2. The number of carbonyl (C=O) groups excluding carboxylic acids is 2. The predicted octanol–water partition coefficient (Wildman–Crippen LogP) is 5.59. The summed E-state index contributed by atoms with van der Waals surface area (Å²) in [5.74, 6) is 0.457. The minimum absolute atomic E-state index is 0.179. The molecule has 1 aliphatic rings. The summed E-state index contributed by atoms with van der Waals surface area (Å²) in [5.41, 5.74) is 2.80. The molecule has 5 rings (SSSR count). The summed E-state index contributed by atoms with van der Waals surface area (Å²) in [6.45, 7) is 1.81. The van der Waals surface area contributed by atoms with Crippen molar-refractivity contribution < 1.29 is 14.3 Å². The molecule has 0 bridgehead atoms. The zero-order chi connectivity index (χ0) is 24.1. The number of fused-ring (bicyclic) bond motifs is 1. The van der Waals surface area contributed by atoms with Gasteiger partial charge >= 0.3 is 0 Å². The number of H-pyrrole nitrogens is 1. The van der Waals surface area contributed by atoms with Crippen LogP contribution in [0.4, 0.5) is 5.69 Å². The Balaban J connectivity index is 1.75. The molecule has 2 amide bonds. The van der Waals surface area contributed by atoms with Gasteiger partial charge in [0, 0.05) is 54.9 Å². The van der Waals surface area contributed by atoms with E-state index in [1.807, 2.05) is 13.1 Å². The molecule has 1 N–H and O–H groups in total. The van der Waals surface area contributed by atoms with Crippen molar-refractivity contribution in [2.45, 2.75) is 19.8 Å². The quantitative estimate of drug-likeness (QED) is 0.373. The zero-order valence-corrected chi connectivity index (χ0v) is 19.8. The van der Waals surface area contributed by atoms with E-state index in [-0.39, 0.29) is 30.2 Å². The molecule has 2 aromatic heterocycles. The Morgan fingerprint density at radius 1 is 0.941 bits per heavy atom. The molecule has 0 spiro atoms. The molecule has 3 heterocycles. The topological polar surface area (TPSA) is 84.4 Å². The fourth-order valence-electron chi connectivity index (χ4n) is 4.30. The van der Waals surface area contributed by atoms with E-state index in [4.69, 9.17) is 27.9 Å². The average molecular weight is 496 g/mol. The molecule has 0 saturated carbocycles. The SMILES string of the molecule is Cc1cc(Oc2ccc(Cl)c(Cl)c2)c(-c2cn(C)c3c(=O)[nH]ccc23)cc1N1C(=O)CCC1=O. The maximum absolute atomic E-state index is 12.5. The highest BCUT2D eigenvalue weighted by molar-refractivity contribution is 6.42. The lowest BCUT2D eigenvalue weighted by molar-refractivity contribution is -0.121. The second-order valence-electron chi connectivity index (χ2n) is 8.16. The van der Waals surface area contributed by atoms with Gasteiger partial charge in [-0.1, -0.05) is 23.2 Å². The Morgan fingerprint density at radius 3 is 2.38 bits per heavy atom. The number of nitrogens with one attached hydrogen (secondary N) is 1. The summed E-state index contributed by atoms with van der Waals surface area (Å²) in [7, 11) is 1.78. The number of aromatic amines is 1. The first kappa shape index (κ1) is 22.3. The van der Waals surface area contributed by atoms with Crippen molar-refractivity contribution in [1.29, 1.82) is 0 Å². The lowest BCUT2D eigenvalue weighted by atomic mass is 10.0. The van der Waals surface area contributed by atoms with E-state index in [1.54, 1.807) is 54.2 Å². The number of anilines is 1. The van der Waals surface area contributed by atoms with Gasteiger partial charge in [0.15, 0.2) is 0 Å². The number of amides is 2. The molecule has 9 heteroatoms. The lowest BCUT2D eigenvalue weighted by Crippen LogP contribution is -2.29. The van der Waals surface area contributed by atoms with Crippen molar-refractivity contribution >= 4 is 51.6 Å². The first-order chi connectivity index (χ1) is 16.2. The van der Waals surface area contributed by atoms with Crippen LogP contribution in [0.3, 0.4) is 0 Å². The van der Waals surface area contributed by atoms with Crippen LogP contribution in [-0.2, 0) is 16.6 Å². The van der Waals surface area contributed by atoms with Crippen molar-refractivity contribution in [3.05, 3.63) is 74.8 Å². The molecule has 0 atom stereocenters. The van der Waals surface area contributed by atoms with Gasteiger partial charge < -0.3 is 14.3 Å². The Morgan fingerprint density at radius 2 is 1.68 bits per heavy atom. The van der Waals surface area contributed by atoms with E-state index in [9.17, 15) is 14.4 Å². The van der Waals surface area contributed by atoms with Crippen LogP contribution in [0.2, 0.25) is 10.0 Å². The second-order valence-corrected chi connectivity index (χ2v) is 8.97. The van der Waals surface area contributed by atoms with Crippen LogP contribution in [0.25, 0.3) is 22.0 Å². The molecule has 172 valence electrons. The number of ether oxygens (including phenoxy) is 1. The van der Waals surface area contributed by atoms with Gasteiger partial charge in [-0.15, -0.1) is 0 Å². The van der Waals surface area contributed by atoms with Crippen LogP contribution >= 0.6 is 23.2 Å². The molecule has 2 aromatic carbocycles. The highest BCUT2D eigenvalue weighted by Crippen LogP contribution is 2.42. The highest BCUT2D eigenvalue weighted by Gasteiger charge is 2.32. The smallest absolute Gasteiger partial charge is 0.272 e. The van der Waals surface area contributed by atoms with E-state index in [0.29, 0.717) is 49.3 Å². The van der Waals surface area contributed by atoms with Crippen LogP contribution in [0.1, 0.15) is 18.4 Å². The van der Waals surface area contributed by atoms with E-state index in [0.717, 1.165) is 5.56 Å². The Labute approximate surface area is 204 Å². The van der Waals surface area contributed by atoms with Crippen molar-refractivity contribution in [2.75, 3.05) is 4.90 Å². The largest absolute Gasteiger partial charge is 0.457 e. The molecule has 0 aliphatic carbocycles. The molecule has 0 radical (unpaired) electrons. The van der Waals surface area contributed by atoms with Crippen molar-refractivity contribution in [3.8, 4) is 22.6 Å². The summed E-state index contributed by atoms with van der Waals surface area (Å²) in [6, 6.07) is 10.3. The Hall–Kier alpha value is -3.55. The Kier molecular flexibility index (Phi) is 5.46. The summed E-state index contributed by atoms with van der Waals surface area (Å²) < 4.78 is 7.95. The number of pyridine rings is 1. The number of benzene rings is 2. The maximum Gasteiger partial charge on any atom is 0.272 e. The third-order valence-electron chi connectivity index (χ3n) is 5.90. The fraction of sp³-hybridized carbons (Fsp3) is 0.160. The minimum Gasteiger partial charge on any atom is -0.457 e. The number of nitrogens with zero attached hydrogens (tertiary/aromatic N) is 2. The van der Waals surface area contributed by atoms with Gasteiger partial charge in [0.05, 0.1) is 15.7 Å². The van der Waals surface area contributed by atoms with Gasteiger partial charge in [-0.2, -0.15) is 0 Å². The standard InChI is InChI=1S/C25H19Cl2N3O4/c1-13-9-21(34-14-3-4-18(26)19(27)10-14)16(11-20(13)30-22(31)5-6-23(30)32)17-12-29(2)24-15(17)7-8-28-25(24)33/h3-4,7-12H,5-6H2,1-2H3,(H,28,33). The van der Waals surface area contributed by atoms with Crippen molar-refractivity contribution in [2.24, 2.45) is 7.05 Å². The lowest BCUT2D eigenvalue weighted by Gasteiger charge is -2.20. The number of aromatic nitrogens is 2. The van der Waals surface area contributed by atoms with Crippen LogP contribution in [0, 0.1) is 6.92 Å². The first-order valence-corrected chi connectivity index (χ1v) is 11.3. The summed E-state index contributed by atoms with van der Waals surface area (Å²) >= 11 is 12.2. The molecule has 0 unspecified atom stereocenters. The van der Waals surface area contributed by atoms with Gasteiger partial charge in [-0.25, -0.2) is 0 Å². The van der Waals surface area contributed by atoms with Crippen LogP contribution in [0.15, 0.2) is 53.6 Å². The van der Waals surface area contributed by atoms with E-state index < -0.39 is 0 Å². The number of hydrogen-bond donors (Lipinski definition) is 1. The van der Waals surface area contributed by atoms with E-state index >= 15 is 0 Å². The van der Waals surface area contributed by atoms with Crippen molar-refractivity contribution in [3.63, 3.8) is 0 Å². The molecule has 1 saturated heterocycles. The zero-order valence-electron chi connectivity index (χ0n) is 18.3. The van der Waals surface area contributed by atoms with Gasteiger partial charge in [0.2, 0.25) is 11.8 Å². The molecule has 4 aromatic rings. The van der Waals surface area contributed by atoms with Gasteiger partial charge in [-0.05, 0) is 42.8 Å². The average Bonchev–Trinajstić information content (AvgIpc) is 3.31. The number of aryl methyl sites for hydroxylation is 2.